The number of amides is 1. The van der Waals surface area contributed by atoms with E-state index in [0.717, 1.165) is 36.3 Å². The monoisotopic (exact) mass is 364 g/mol. The molecule has 5 heteroatoms. The summed E-state index contributed by atoms with van der Waals surface area (Å²) in [5.74, 6) is 1.07. The predicted molar refractivity (Wildman–Crippen MR) is 112 cm³/mol. The number of carbonyl (C=O) groups is 1. The molecule has 1 aliphatic heterocycles. The van der Waals surface area contributed by atoms with Gasteiger partial charge in [-0.3, -0.25) is 4.79 Å². The van der Waals surface area contributed by atoms with Crippen LogP contribution in [0.4, 0.5) is 11.4 Å². The van der Waals surface area contributed by atoms with Crippen molar-refractivity contribution >= 4 is 23.2 Å². The fraction of sp³-hybridized carbons (Fsp3) is 0.364. The van der Waals surface area contributed by atoms with Gasteiger partial charge in [0, 0.05) is 24.3 Å². The van der Waals surface area contributed by atoms with E-state index in [1.165, 1.54) is 5.56 Å². The molecule has 1 fully saturated rings. The van der Waals surface area contributed by atoms with Gasteiger partial charge >= 0.3 is 0 Å². The van der Waals surface area contributed by atoms with Gasteiger partial charge in [-0.1, -0.05) is 38.1 Å². The van der Waals surface area contributed by atoms with Gasteiger partial charge in [0.2, 0.25) is 5.91 Å². The number of nitrogens with zero attached hydrogens (tertiary/aromatic N) is 2. The summed E-state index contributed by atoms with van der Waals surface area (Å²) < 4.78 is 0. The average molecular weight is 364 g/mol. The molecule has 5 nitrogen and oxygen atoms in total. The maximum Gasteiger partial charge on any atom is 0.226 e. The van der Waals surface area contributed by atoms with Crippen molar-refractivity contribution in [2.45, 2.75) is 45.6 Å². The van der Waals surface area contributed by atoms with E-state index in [9.17, 15) is 4.79 Å². The fourth-order valence-electron chi connectivity index (χ4n) is 3.20. The van der Waals surface area contributed by atoms with Crippen LogP contribution in [-0.2, 0) is 11.3 Å². The Bertz CT molecular complexity index is 811. The lowest BCUT2D eigenvalue weighted by Gasteiger charge is -2.26. The third-order valence-corrected chi connectivity index (χ3v) is 4.83. The molecule has 1 saturated heterocycles. The van der Waals surface area contributed by atoms with Crippen LogP contribution in [0.15, 0.2) is 53.5 Å². The Morgan fingerprint density at radius 3 is 2.67 bits per heavy atom. The van der Waals surface area contributed by atoms with Crippen molar-refractivity contribution in [3.63, 3.8) is 0 Å². The van der Waals surface area contributed by atoms with Crippen LogP contribution in [0.2, 0.25) is 0 Å². The number of hydrogen-bond donors (Lipinski definition) is 2. The van der Waals surface area contributed by atoms with Crippen molar-refractivity contribution in [3.05, 3.63) is 59.7 Å². The second kappa shape index (κ2) is 8.71. The van der Waals surface area contributed by atoms with Gasteiger partial charge in [-0.25, -0.2) is 4.99 Å². The van der Waals surface area contributed by atoms with Crippen LogP contribution in [0.25, 0.3) is 0 Å². The molecule has 142 valence electrons. The first-order valence-electron chi connectivity index (χ1n) is 9.59. The summed E-state index contributed by atoms with van der Waals surface area (Å²) >= 11 is 0. The second-order valence-corrected chi connectivity index (χ2v) is 7.28. The molecule has 0 unspecified atom stereocenters. The van der Waals surface area contributed by atoms with Gasteiger partial charge in [0.25, 0.3) is 0 Å². The van der Waals surface area contributed by atoms with Crippen molar-refractivity contribution in [1.29, 1.82) is 0 Å². The molecule has 0 aromatic heterocycles. The molecule has 1 amide bonds. The zero-order chi connectivity index (χ0) is 19.2. The highest BCUT2D eigenvalue weighted by atomic mass is 16.2. The standard InChI is InChI=1S/C22H28N4O/c1-16(2)18-6-5-7-19(14-18)25-22(23)24-15-17-9-11-20(12-10-17)26-13-4-3-8-21(26)27/h5-7,9-12,14,16H,3-4,8,13,15H2,1-2H3,(H3,23,24,25). The minimum atomic E-state index is 0.212. The molecule has 2 aromatic carbocycles. The van der Waals surface area contributed by atoms with E-state index in [1.807, 2.05) is 41.3 Å². The number of aliphatic imine (C=N–C) groups is 1. The smallest absolute Gasteiger partial charge is 0.226 e. The van der Waals surface area contributed by atoms with Crippen LogP contribution >= 0.6 is 0 Å². The number of nitrogens with one attached hydrogen (secondary N) is 1. The molecule has 27 heavy (non-hydrogen) atoms. The van der Waals surface area contributed by atoms with E-state index >= 15 is 0 Å². The summed E-state index contributed by atoms with van der Waals surface area (Å²) in [4.78, 5) is 18.3. The van der Waals surface area contributed by atoms with Crippen LogP contribution < -0.4 is 16.0 Å². The first kappa shape index (κ1) is 19.0. The minimum Gasteiger partial charge on any atom is -0.370 e. The molecule has 1 aliphatic rings. The minimum absolute atomic E-state index is 0.212. The summed E-state index contributed by atoms with van der Waals surface area (Å²) in [7, 11) is 0. The highest BCUT2D eigenvalue weighted by molar-refractivity contribution is 5.94. The molecule has 0 saturated carbocycles. The van der Waals surface area contributed by atoms with Crippen LogP contribution in [0.5, 0.6) is 0 Å². The Morgan fingerprint density at radius 1 is 1.19 bits per heavy atom. The lowest BCUT2D eigenvalue weighted by molar-refractivity contribution is -0.119. The van der Waals surface area contributed by atoms with E-state index < -0.39 is 0 Å². The quantitative estimate of drug-likeness (QED) is 0.615. The zero-order valence-electron chi connectivity index (χ0n) is 16.1. The molecule has 1 heterocycles. The van der Waals surface area contributed by atoms with Gasteiger partial charge in [0.15, 0.2) is 5.96 Å². The number of guanidine groups is 1. The van der Waals surface area contributed by atoms with Gasteiger partial charge in [-0.2, -0.15) is 0 Å². The molecule has 0 spiro atoms. The van der Waals surface area contributed by atoms with Gasteiger partial charge < -0.3 is 16.0 Å². The van der Waals surface area contributed by atoms with E-state index in [-0.39, 0.29) is 5.91 Å². The largest absolute Gasteiger partial charge is 0.370 e. The molecule has 0 atom stereocenters. The summed E-state index contributed by atoms with van der Waals surface area (Å²) in [5.41, 5.74) is 10.3. The molecule has 2 aromatic rings. The van der Waals surface area contributed by atoms with E-state index in [0.29, 0.717) is 24.8 Å². The third-order valence-electron chi connectivity index (χ3n) is 4.83. The Hall–Kier alpha value is -2.82. The molecule has 3 N–H and O–H groups in total. The number of nitrogens with two attached hydrogens (primary N) is 1. The molecule has 3 rings (SSSR count). The normalized spacial score (nSPS) is 15.3. The number of benzene rings is 2. The summed E-state index contributed by atoms with van der Waals surface area (Å²) in [6.07, 6.45) is 2.71. The van der Waals surface area contributed by atoms with Crippen LogP contribution in [0.3, 0.4) is 0 Å². The molecular formula is C22H28N4O. The Kier molecular flexibility index (Phi) is 6.12. The molecule has 0 aliphatic carbocycles. The molecular weight excluding hydrogens is 336 g/mol. The third kappa shape index (κ3) is 5.09. The fourth-order valence-corrected chi connectivity index (χ4v) is 3.20. The number of hydrogen-bond acceptors (Lipinski definition) is 2. The first-order chi connectivity index (χ1) is 13.0. The maximum absolute atomic E-state index is 12.0. The maximum atomic E-state index is 12.0. The van der Waals surface area contributed by atoms with Gasteiger partial charge in [-0.15, -0.1) is 0 Å². The van der Waals surface area contributed by atoms with Crippen molar-refractivity contribution in [2.75, 3.05) is 16.8 Å². The summed E-state index contributed by atoms with van der Waals surface area (Å²) in [6, 6.07) is 16.2. The van der Waals surface area contributed by atoms with Crippen LogP contribution in [-0.4, -0.2) is 18.4 Å². The first-order valence-corrected chi connectivity index (χ1v) is 9.59. The summed E-state index contributed by atoms with van der Waals surface area (Å²) in [6.45, 7) is 5.63. The second-order valence-electron chi connectivity index (χ2n) is 7.28. The highest BCUT2D eigenvalue weighted by Gasteiger charge is 2.19. The van der Waals surface area contributed by atoms with Crippen LogP contribution in [0, 0.1) is 0 Å². The SMILES string of the molecule is CC(C)c1cccc(NC(N)=NCc2ccc(N3CCCCC3=O)cc2)c1. The van der Waals surface area contributed by atoms with Crippen molar-refractivity contribution < 1.29 is 4.79 Å². The Balaban J connectivity index is 1.60. The van der Waals surface area contributed by atoms with Crippen molar-refractivity contribution in [2.24, 2.45) is 10.7 Å². The molecule has 0 radical (unpaired) electrons. The van der Waals surface area contributed by atoms with Crippen molar-refractivity contribution in [1.82, 2.24) is 0 Å². The van der Waals surface area contributed by atoms with Gasteiger partial charge in [0.05, 0.1) is 6.54 Å². The van der Waals surface area contributed by atoms with Gasteiger partial charge in [-0.05, 0) is 54.2 Å². The van der Waals surface area contributed by atoms with Crippen molar-refractivity contribution in [3.8, 4) is 0 Å². The lowest BCUT2D eigenvalue weighted by atomic mass is 10.0. The average Bonchev–Trinajstić information content (AvgIpc) is 2.67. The van der Waals surface area contributed by atoms with Crippen LogP contribution in [0.1, 0.15) is 50.2 Å². The highest BCUT2D eigenvalue weighted by Crippen LogP contribution is 2.22. The number of carbonyl (C=O) groups excluding carboxylic acids is 1. The topological polar surface area (TPSA) is 70.7 Å². The number of rotatable bonds is 5. The van der Waals surface area contributed by atoms with E-state index in [1.54, 1.807) is 0 Å². The predicted octanol–water partition coefficient (Wildman–Crippen LogP) is 4.25. The van der Waals surface area contributed by atoms with E-state index in [2.05, 4.69) is 36.3 Å². The number of anilines is 2. The molecule has 0 bridgehead atoms. The number of piperidine rings is 1. The Labute approximate surface area is 161 Å². The summed E-state index contributed by atoms with van der Waals surface area (Å²) in [5, 5.41) is 3.15. The van der Waals surface area contributed by atoms with E-state index in [4.69, 9.17) is 5.73 Å². The lowest BCUT2D eigenvalue weighted by Crippen LogP contribution is -2.35. The van der Waals surface area contributed by atoms with Gasteiger partial charge in [0.1, 0.15) is 0 Å². The Morgan fingerprint density at radius 2 is 1.96 bits per heavy atom. The zero-order valence-corrected chi connectivity index (χ0v) is 16.1.